The zero-order valence-corrected chi connectivity index (χ0v) is 12.6. The molecule has 0 spiro atoms. The van der Waals surface area contributed by atoms with Gasteiger partial charge in [-0.2, -0.15) is 13.2 Å². The van der Waals surface area contributed by atoms with Crippen LogP contribution in [0.3, 0.4) is 0 Å². The maximum Gasteiger partial charge on any atom is 0.405 e. The van der Waals surface area contributed by atoms with Gasteiger partial charge in [0.25, 0.3) is 0 Å². The molecule has 1 saturated carbocycles. The highest BCUT2D eigenvalue weighted by Crippen LogP contribution is 2.33. The fourth-order valence-electron chi connectivity index (χ4n) is 3.04. The Morgan fingerprint density at radius 2 is 1.90 bits per heavy atom. The third-order valence-corrected chi connectivity index (χ3v) is 4.15. The fraction of sp³-hybridized carbons (Fsp3) is 0.929. The van der Waals surface area contributed by atoms with Crippen molar-refractivity contribution in [3.63, 3.8) is 0 Å². The molecule has 0 saturated heterocycles. The lowest BCUT2D eigenvalue weighted by Crippen LogP contribution is -2.58. The number of hydrogen-bond donors (Lipinski definition) is 2. The smallest absolute Gasteiger partial charge is 0.346 e. The van der Waals surface area contributed by atoms with E-state index in [4.69, 9.17) is 5.73 Å². The van der Waals surface area contributed by atoms with E-state index in [0.29, 0.717) is 13.1 Å². The first-order valence-corrected chi connectivity index (χ1v) is 7.61. The molecular formula is C14H26F3N3O. The largest absolute Gasteiger partial charge is 0.405 e. The van der Waals surface area contributed by atoms with E-state index in [1.54, 1.807) is 0 Å². The normalized spacial score (nSPS) is 18.8. The quantitative estimate of drug-likeness (QED) is 0.756. The minimum atomic E-state index is -4.37. The van der Waals surface area contributed by atoms with Crippen molar-refractivity contribution in [1.82, 2.24) is 10.2 Å². The van der Waals surface area contributed by atoms with E-state index in [9.17, 15) is 18.0 Å². The van der Waals surface area contributed by atoms with Crippen LogP contribution in [0, 0.1) is 0 Å². The van der Waals surface area contributed by atoms with Crippen LogP contribution in [0.25, 0.3) is 0 Å². The van der Waals surface area contributed by atoms with E-state index < -0.39 is 18.6 Å². The number of amides is 1. The number of hydrogen-bond acceptors (Lipinski definition) is 3. The number of nitrogens with one attached hydrogen (secondary N) is 1. The summed E-state index contributed by atoms with van der Waals surface area (Å²) >= 11 is 0. The van der Waals surface area contributed by atoms with Gasteiger partial charge in [-0.15, -0.1) is 0 Å². The molecule has 0 unspecified atom stereocenters. The van der Waals surface area contributed by atoms with Crippen LogP contribution in [0.1, 0.15) is 45.4 Å². The Kier molecular flexibility index (Phi) is 6.93. The lowest BCUT2D eigenvalue weighted by molar-refractivity contribution is -0.140. The lowest BCUT2D eigenvalue weighted by atomic mass is 9.80. The monoisotopic (exact) mass is 309 g/mol. The molecule has 0 aromatic carbocycles. The Labute approximate surface area is 124 Å². The number of nitrogens with two attached hydrogens (primary N) is 1. The molecule has 124 valence electrons. The van der Waals surface area contributed by atoms with Crippen molar-refractivity contribution < 1.29 is 18.0 Å². The van der Waals surface area contributed by atoms with Gasteiger partial charge >= 0.3 is 6.18 Å². The molecule has 21 heavy (non-hydrogen) atoms. The molecule has 4 nitrogen and oxygen atoms in total. The van der Waals surface area contributed by atoms with Crippen molar-refractivity contribution in [2.45, 2.75) is 57.2 Å². The average Bonchev–Trinajstić information content (AvgIpc) is 2.45. The molecular weight excluding hydrogens is 283 g/mol. The summed E-state index contributed by atoms with van der Waals surface area (Å²) in [7, 11) is 0. The Hall–Kier alpha value is -0.820. The summed E-state index contributed by atoms with van der Waals surface area (Å²) < 4.78 is 36.4. The van der Waals surface area contributed by atoms with Gasteiger partial charge in [0.15, 0.2) is 0 Å². The molecule has 1 aliphatic carbocycles. The molecule has 0 aliphatic heterocycles. The molecule has 0 heterocycles. The molecule has 1 fully saturated rings. The average molecular weight is 309 g/mol. The highest BCUT2D eigenvalue weighted by molar-refractivity contribution is 5.78. The number of rotatable bonds is 7. The summed E-state index contributed by atoms with van der Waals surface area (Å²) in [5.74, 6) is -0.584. The maximum atomic E-state index is 12.1. The molecule has 1 aliphatic rings. The van der Waals surface area contributed by atoms with Crippen molar-refractivity contribution in [3.05, 3.63) is 0 Å². The van der Waals surface area contributed by atoms with Crippen molar-refractivity contribution in [1.29, 1.82) is 0 Å². The lowest BCUT2D eigenvalue weighted by Gasteiger charge is -2.45. The molecule has 3 N–H and O–H groups in total. The van der Waals surface area contributed by atoms with Crippen LogP contribution in [0.4, 0.5) is 13.2 Å². The fourth-order valence-corrected chi connectivity index (χ4v) is 3.04. The van der Waals surface area contributed by atoms with Gasteiger partial charge < -0.3 is 11.1 Å². The van der Waals surface area contributed by atoms with Crippen LogP contribution < -0.4 is 11.1 Å². The van der Waals surface area contributed by atoms with Crippen molar-refractivity contribution in [2.24, 2.45) is 5.73 Å². The van der Waals surface area contributed by atoms with E-state index in [1.165, 1.54) is 0 Å². The number of halogens is 3. The van der Waals surface area contributed by atoms with Crippen LogP contribution in [0.2, 0.25) is 0 Å². The second-order valence-corrected chi connectivity index (χ2v) is 5.80. The predicted molar refractivity (Wildman–Crippen MR) is 75.8 cm³/mol. The summed E-state index contributed by atoms with van der Waals surface area (Å²) in [6, 6.07) is 0. The molecule has 1 rings (SSSR count). The SMILES string of the molecule is CCCN(CC(=O)NCC(F)(F)F)C1(CN)CCCCC1. The number of carbonyl (C=O) groups excluding carboxylic acids is 1. The van der Waals surface area contributed by atoms with E-state index in [2.05, 4.69) is 0 Å². The summed E-state index contributed by atoms with van der Waals surface area (Å²) in [4.78, 5) is 13.8. The van der Waals surface area contributed by atoms with Gasteiger partial charge in [-0.25, -0.2) is 0 Å². The van der Waals surface area contributed by atoms with Crippen LogP contribution in [-0.2, 0) is 4.79 Å². The minimum absolute atomic E-state index is 0.0128. The highest BCUT2D eigenvalue weighted by Gasteiger charge is 2.37. The van der Waals surface area contributed by atoms with E-state index >= 15 is 0 Å². The summed E-state index contributed by atoms with van der Waals surface area (Å²) in [5, 5.41) is 1.95. The Balaban J connectivity index is 2.65. The molecule has 0 radical (unpaired) electrons. The van der Waals surface area contributed by atoms with Gasteiger partial charge in [0.2, 0.25) is 5.91 Å². The topological polar surface area (TPSA) is 58.4 Å². The van der Waals surface area contributed by atoms with E-state index in [-0.39, 0.29) is 12.1 Å². The Morgan fingerprint density at radius 3 is 2.38 bits per heavy atom. The van der Waals surface area contributed by atoms with Gasteiger partial charge in [0, 0.05) is 12.1 Å². The first-order valence-electron chi connectivity index (χ1n) is 7.61. The zero-order valence-electron chi connectivity index (χ0n) is 12.6. The summed E-state index contributed by atoms with van der Waals surface area (Å²) in [5.41, 5.74) is 5.70. The van der Waals surface area contributed by atoms with Gasteiger partial charge in [0.1, 0.15) is 6.54 Å². The van der Waals surface area contributed by atoms with Crippen LogP contribution >= 0.6 is 0 Å². The first-order chi connectivity index (χ1) is 9.83. The van der Waals surface area contributed by atoms with Crippen molar-refractivity contribution in [3.8, 4) is 0 Å². The van der Waals surface area contributed by atoms with Crippen LogP contribution in [-0.4, -0.2) is 48.7 Å². The molecule has 0 aromatic rings. The minimum Gasteiger partial charge on any atom is -0.346 e. The summed E-state index contributed by atoms with van der Waals surface area (Å²) in [6.07, 6.45) is 1.56. The second kappa shape index (κ2) is 7.98. The molecule has 1 amide bonds. The Morgan fingerprint density at radius 1 is 1.29 bits per heavy atom. The third kappa shape index (κ3) is 5.82. The third-order valence-electron chi connectivity index (χ3n) is 4.15. The Bertz CT molecular complexity index is 328. The number of nitrogens with zero attached hydrogens (tertiary/aromatic N) is 1. The molecule has 0 bridgehead atoms. The first kappa shape index (κ1) is 18.2. The van der Waals surface area contributed by atoms with Crippen LogP contribution in [0.15, 0.2) is 0 Å². The van der Waals surface area contributed by atoms with Gasteiger partial charge in [0.05, 0.1) is 6.54 Å². The molecule has 0 aromatic heterocycles. The number of alkyl halides is 3. The van der Waals surface area contributed by atoms with Crippen LogP contribution in [0.5, 0.6) is 0 Å². The molecule has 7 heteroatoms. The summed E-state index contributed by atoms with van der Waals surface area (Å²) in [6.45, 7) is 1.83. The standard InChI is InChI=1S/C14H26F3N3O/c1-2-8-20(9-12(21)19-11-14(15,16)17)13(10-18)6-4-3-5-7-13/h2-11,18H2,1H3,(H,19,21). The van der Waals surface area contributed by atoms with Gasteiger partial charge in [-0.1, -0.05) is 26.2 Å². The van der Waals surface area contributed by atoms with Crippen molar-refractivity contribution >= 4 is 5.91 Å². The maximum absolute atomic E-state index is 12.1. The number of carbonyl (C=O) groups is 1. The van der Waals surface area contributed by atoms with Crippen molar-refractivity contribution in [2.75, 3.05) is 26.2 Å². The predicted octanol–water partition coefficient (Wildman–Crippen LogP) is 2.04. The second-order valence-electron chi connectivity index (χ2n) is 5.80. The van der Waals surface area contributed by atoms with E-state index in [0.717, 1.165) is 38.5 Å². The van der Waals surface area contributed by atoms with Gasteiger partial charge in [-0.3, -0.25) is 9.69 Å². The zero-order chi connectivity index (χ0) is 15.9. The molecule has 0 atom stereocenters. The highest BCUT2D eigenvalue weighted by atomic mass is 19.4. The van der Waals surface area contributed by atoms with Gasteiger partial charge in [-0.05, 0) is 25.8 Å². The van der Waals surface area contributed by atoms with E-state index in [1.807, 2.05) is 17.1 Å².